The van der Waals surface area contributed by atoms with Gasteiger partial charge in [-0.25, -0.2) is 0 Å². The molecule has 2 aliphatic heterocycles. The van der Waals surface area contributed by atoms with Gasteiger partial charge in [-0.05, 0) is 12.0 Å². The lowest BCUT2D eigenvalue weighted by molar-refractivity contribution is -0.131. The van der Waals surface area contributed by atoms with Gasteiger partial charge in [0.25, 0.3) is 0 Å². The van der Waals surface area contributed by atoms with Crippen molar-refractivity contribution in [3.05, 3.63) is 35.9 Å². The number of likely N-dealkylation sites (tertiary alicyclic amines) is 1. The Morgan fingerprint density at radius 3 is 2.62 bits per heavy atom. The fourth-order valence-corrected chi connectivity index (χ4v) is 3.41. The van der Waals surface area contributed by atoms with E-state index in [1.54, 1.807) is 0 Å². The highest BCUT2D eigenvalue weighted by Crippen LogP contribution is 2.33. The summed E-state index contributed by atoms with van der Waals surface area (Å²) in [5.41, 5.74) is 1.46. The van der Waals surface area contributed by atoms with E-state index >= 15 is 0 Å². The molecule has 1 amide bonds. The summed E-state index contributed by atoms with van der Waals surface area (Å²) in [6.07, 6.45) is 1.06. The SMILES string of the molecule is CC1(c2ccccc2)CCN(C(=O)CN2CCNCC2)C1. The van der Waals surface area contributed by atoms with Gasteiger partial charge in [-0.3, -0.25) is 9.69 Å². The first-order chi connectivity index (χ1) is 10.2. The van der Waals surface area contributed by atoms with Crippen LogP contribution in [0.25, 0.3) is 0 Å². The van der Waals surface area contributed by atoms with Crippen molar-refractivity contribution in [1.82, 2.24) is 15.1 Å². The summed E-state index contributed by atoms with van der Waals surface area (Å²) >= 11 is 0. The monoisotopic (exact) mass is 287 g/mol. The Balaban J connectivity index is 1.60. The number of nitrogens with zero attached hydrogens (tertiary/aromatic N) is 2. The Hall–Kier alpha value is -1.39. The minimum atomic E-state index is 0.111. The Labute approximate surface area is 127 Å². The summed E-state index contributed by atoms with van der Waals surface area (Å²) in [5.74, 6) is 0.288. The second kappa shape index (κ2) is 6.16. The average molecular weight is 287 g/mol. The van der Waals surface area contributed by atoms with Gasteiger partial charge in [0.15, 0.2) is 0 Å². The molecule has 2 fully saturated rings. The van der Waals surface area contributed by atoms with Gasteiger partial charge in [-0.2, -0.15) is 0 Å². The number of amides is 1. The maximum absolute atomic E-state index is 12.5. The highest BCUT2D eigenvalue weighted by molar-refractivity contribution is 5.78. The molecule has 1 aromatic carbocycles. The van der Waals surface area contributed by atoms with Gasteiger partial charge >= 0.3 is 0 Å². The second-order valence-corrected chi connectivity index (χ2v) is 6.52. The van der Waals surface area contributed by atoms with Crippen molar-refractivity contribution in [1.29, 1.82) is 0 Å². The van der Waals surface area contributed by atoms with E-state index in [-0.39, 0.29) is 11.3 Å². The van der Waals surface area contributed by atoms with Crippen LogP contribution >= 0.6 is 0 Å². The van der Waals surface area contributed by atoms with E-state index in [0.29, 0.717) is 6.54 Å². The molecule has 0 spiro atoms. The lowest BCUT2D eigenvalue weighted by Gasteiger charge is -2.29. The quantitative estimate of drug-likeness (QED) is 0.904. The molecule has 2 saturated heterocycles. The van der Waals surface area contributed by atoms with Crippen LogP contribution in [0.1, 0.15) is 18.9 Å². The zero-order valence-corrected chi connectivity index (χ0v) is 12.8. The van der Waals surface area contributed by atoms with E-state index in [9.17, 15) is 4.79 Å². The second-order valence-electron chi connectivity index (χ2n) is 6.52. The number of carbonyl (C=O) groups excluding carboxylic acids is 1. The molecule has 4 heteroatoms. The number of nitrogens with one attached hydrogen (secondary N) is 1. The van der Waals surface area contributed by atoms with Crippen molar-refractivity contribution in [3.8, 4) is 0 Å². The first kappa shape index (κ1) is 14.5. The van der Waals surface area contributed by atoms with E-state index in [2.05, 4.69) is 52.4 Å². The zero-order chi connectivity index (χ0) is 14.7. The predicted molar refractivity (Wildman–Crippen MR) is 84.3 cm³/mol. The van der Waals surface area contributed by atoms with Gasteiger partial charge in [0.05, 0.1) is 6.54 Å². The first-order valence-corrected chi connectivity index (χ1v) is 7.94. The number of rotatable bonds is 3. The molecular weight excluding hydrogens is 262 g/mol. The van der Waals surface area contributed by atoms with Crippen LogP contribution in [-0.2, 0) is 10.2 Å². The van der Waals surface area contributed by atoms with Crippen LogP contribution in [0.2, 0.25) is 0 Å². The maximum atomic E-state index is 12.5. The van der Waals surface area contributed by atoms with Crippen molar-refractivity contribution in [3.63, 3.8) is 0 Å². The zero-order valence-electron chi connectivity index (χ0n) is 12.8. The van der Waals surface area contributed by atoms with Crippen LogP contribution < -0.4 is 5.32 Å². The standard InChI is InChI=1S/C17H25N3O/c1-17(15-5-3-2-4-6-15)7-10-20(14-17)16(21)13-19-11-8-18-9-12-19/h2-6,18H,7-14H2,1H3. The maximum Gasteiger partial charge on any atom is 0.236 e. The molecule has 1 N–H and O–H groups in total. The third-order valence-corrected chi connectivity index (χ3v) is 4.87. The number of hydrogen-bond donors (Lipinski definition) is 1. The number of carbonyl (C=O) groups is 1. The molecule has 0 saturated carbocycles. The highest BCUT2D eigenvalue weighted by atomic mass is 16.2. The van der Waals surface area contributed by atoms with Crippen LogP contribution in [-0.4, -0.2) is 61.5 Å². The molecule has 114 valence electrons. The highest BCUT2D eigenvalue weighted by Gasteiger charge is 2.37. The number of piperazine rings is 1. The summed E-state index contributed by atoms with van der Waals surface area (Å²) in [4.78, 5) is 16.8. The third-order valence-electron chi connectivity index (χ3n) is 4.87. The molecule has 1 aromatic rings. The molecular formula is C17H25N3O. The minimum absolute atomic E-state index is 0.111. The molecule has 0 radical (unpaired) electrons. The lowest BCUT2D eigenvalue weighted by Crippen LogP contribution is -2.48. The fourth-order valence-electron chi connectivity index (χ4n) is 3.41. The van der Waals surface area contributed by atoms with Gasteiger partial charge in [-0.15, -0.1) is 0 Å². The van der Waals surface area contributed by atoms with Gasteiger partial charge in [0.2, 0.25) is 5.91 Å². The van der Waals surface area contributed by atoms with Crippen molar-refractivity contribution in [2.45, 2.75) is 18.8 Å². The first-order valence-electron chi connectivity index (χ1n) is 7.94. The number of benzene rings is 1. The van der Waals surface area contributed by atoms with Crippen LogP contribution in [0.4, 0.5) is 0 Å². The molecule has 0 bridgehead atoms. The summed E-state index contributed by atoms with van der Waals surface area (Å²) < 4.78 is 0. The van der Waals surface area contributed by atoms with E-state index in [1.165, 1.54) is 5.56 Å². The molecule has 0 aromatic heterocycles. The molecule has 1 atom stereocenters. The molecule has 0 aliphatic carbocycles. The van der Waals surface area contributed by atoms with Crippen molar-refractivity contribution in [2.75, 3.05) is 45.8 Å². The Morgan fingerprint density at radius 1 is 1.19 bits per heavy atom. The topological polar surface area (TPSA) is 35.6 Å². The van der Waals surface area contributed by atoms with Gasteiger partial charge in [0.1, 0.15) is 0 Å². The molecule has 1 unspecified atom stereocenters. The van der Waals surface area contributed by atoms with E-state index < -0.39 is 0 Å². The normalized spacial score (nSPS) is 27.0. The minimum Gasteiger partial charge on any atom is -0.341 e. The third kappa shape index (κ3) is 3.27. The van der Waals surface area contributed by atoms with Gasteiger partial charge < -0.3 is 10.2 Å². The van der Waals surface area contributed by atoms with Crippen molar-refractivity contribution >= 4 is 5.91 Å². The van der Waals surface area contributed by atoms with E-state index in [4.69, 9.17) is 0 Å². The Morgan fingerprint density at radius 2 is 1.90 bits per heavy atom. The largest absolute Gasteiger partial charge is 0.341 e. The molecule has 3 rings (SSSR count). The summed E-state index contributed by atoms with van der Waals surface area (Å²) in [6, 6.07) is 10.6. The van der Waals surface area contributed by atoms with Crippen molar-refractivity contribution in [2.24, 2.45) is 0 Å². The smallest absolute Gasteiger partial charge is 0.236 e. The number of hydrogen-bond acceptors (Lipinski definition) is 3. The lowest BCUT2D eigenvalue weighted by atomic mass is 9.82. The molecule has 21 heavy (non-hydrogen) atoms. The Kier molecular flexibility index (Phi) is 4.27. The average Bonchev–Trinajstić information content (AvgIpc) is 2.93. The van der Waals surface area contributed by atoms with E-state index in [0.717, 1.165) is 45.7 Å². The van der Waals surface area contributed by atoms with Crippen LogP contribution in [0, 0.1) is 0 Å². The fraction of sp³-hybridized carbons (Fsp3) is 0.588. The van der Waals surface area contributed by atoms with Crippen LogP contribution in [0.15, 0.2) is 30.3 Å². The molecule has 2 heterocycles. The summed E-state index contributed by atoms with van der Waals surface area (Å²) in [7, 11) is 0. The molecule has 2 aliphatic rings. The molecule has 4 nitrogen and oxygen atoms in total. The van der Waals surface area contributed by atoms with Crippen molar-refractivity contribution < 1.29 is 4.79 Å². The predicted octanol–water partition coefficient (Wildman–Crippen LogP) is 1.08. The summed E-state index contributed by atoms with van der Waals surface area (Å²) in [5, 5.41) is 3.33. The van der Waals surface area contributed by atoms with E-state index in [1.807, 2.05) is 0 Å². The van der Waals surface area contributed by atoms with Crippen LogP contribution in [0.3, 0.4) is 0 Å². The van der Waals surface area contributed by atoms with Gasteiger partial charge in [0, 0.05) is 44.7 Å². The van der Waals surface area contributed by atoms with Gasteiger partial charge in [-0.1, -0.05) is 37.3 Å². The van der Waals surface area contributed by atoms with Crippen LogP contribution in [0.5, 0.6) is 0 Å². The Bertz CT molecular complexity index is 484. The summed E-state index contributed by atoms with van der Waals surface area (Å²) in [6.45, 7) is 8.54.